The predicted molar refractivity (Wildman–Crippen MR) is 313 cm³/mol. The van der Waals surface area contributed by atoms with E-state index in [-0.39, 0.29) is 0 Å². The van der Waals surface area contributed by atoms with Crippen LogP contribution in [0.1, 0.15) is 0 Å². The molecule has 0 unspecified atom stereocenters. The number of benzene rings is 11. The van der Waals surface area contributed by atoms with E-state index in [0.29, 0.717) is 17.5 Å². The van der Waals surface area contributed by atoms with Crippen LogP contribution in [0.3, 0.4) is 0 Å². The molecule has 11 aromatic carbocycles. The van der Waals surface area contributed by atoms with Gasteiger partial charge in [-0.05, 0) is 84.9 Å². The molecule has 16 rings (SSSR count). The van der Waals surface area contributed by atoms with Crippen LogP contribution >= 0.6 is 0 Å². The molecule has 0 atom stereocenters. The van der Waals surface area contributed by atoms with Crippen molar-refractivity contribution in [3.8, 4) is 56.9 Å². The van der Waals surface area contributed by atoms with Crippen molar-refractivity contribution < 1.29 is 0 Å². The number of fused-ring (bicyclic) bond motifs is 14. The van der Waals surface area contributed by atoms with Gasteiger partial charge in [-0.1, -0.05) is 176 Å². The number of rotatable bonds is 7. The molecule has 0 aliphatic carbocycles. The molecule has 7 heteroatoms. The van der Waals surface area contributed by atoms with Gasteiger partial charge in [-0.3, -0.25) is 0 Å². The minimum atomic E-state index is 0.602. The summed E-state index contributed by atoms with van der Waals surface area (Å²) in [5.41, 5.74) is 16.1. The van der Waals surface area contributed by atoms with Gasteiger partial charge in [0.15, 0.2) is 17.5 Å². The standard InChI is InChI=1S/C69H43N7/c1-6-22-44(23-7-1)67-70-68(45-24-8-2-9-25-45)72-69(71-67)55-43-61-64(66-62(55)52-33-17-21-37-58(52)76(66)48-30-14-5-15-31-48)54-42-49(38-40-59(54)73(61)46-26-10-3-11-27-46)74-57-36-20-18-34-53(57)63-60(74)41-39-51-50-32-16-19-35-56(50)75(65(51)63)47-28-12-4-13-29-47/h1-43H. The lowest BCUT2D eigenvalue weighted by molar-refractivity contribution is 1.08. The number of hydrogen-bond acceptors (Lipinski definition) is 3. The van der Waals surface area contributed by atoms with E-state index < -0.39 is 0 Å². The molecule has 354 valence electrons. The van der Waals surface area contributed by atoms with Crippen LogP contribution in [0.2, 0.25) is 0 Å². The third-order valence-corrected chi connectivity index (χ3v) is 15.4. The second-order valence-electron chi connectivity index (χ2n) is 19.5. The summed E-state index contributed by atoms with van der Waals surface area (Å²) in [6.07, 6.45) is 0. The Balaban J connectivity index is 1.06. The zero-order valence-electron chi connectivity index (χ0n) is 41.0. The highest BCUT2D eigenvalue weighted by atomic mass is 15.1. The molecule has 0 spiro atoms. The van der Waals surface area contributed by atoms with E-state index in [0.717, 1.165) is 94.1 Å². The fourth-order valence-corrected chi connectivity index (χ4v) is 12.2. The Bertz CT molecular complexity index is 4900. The SMILES string of the molecule is c1ccc(-c2nc(-c3ccccc3)nc(-c3cc4c(c5cc(-n6c7ccccc7c7c6ccc6c8ccccc8n(-c8ccccc8)c67)ccc5n4-c4ccccc4)c4c3c3ccccc3n4-c3ccccc3)n2)cc1. The summed E-state index contributed by atoms with van der Waals surface area (Å²) in [4.78, 5) is 16.0. The van der Waals surface area contributed by atoms with Gasteiger partial charge >= 0.3 is 0 Å². The lowest BCUT2D eigenvalue weighted by Crippen LogP contribution is -2.01. The van der Waals surface area contributed by atoms with Gasteiger partial charge in [0, 0.05) is 82.5 Å². The van der Waals surface area contributed by atoms with Gasteiger partial charge in [0.25, 0.3) is 0 Å². The van der Waals surface area contributed by atoms with Crippen molar-refractivity contribution in [1.82, 2.24) is 33.2 Å². The van der Waals surface area contributed by atoms with E-state index in [2.05, 4.69) is 243 Å². The molecule has 0 saturated heterocycles. The van der Waals surface area contributed by atoms with Gasteiger partial charge in [0.05, 0.1) is 44.1 Å². The summed E-state index contributed by atoms with van der Waals surface area (Å²) in [7, 11) is 0. The molecule has 0 aliphatic heterocycles. The van der Waals surface area contributed by atoms with Crippen LogP contribution in [0.5, 0.6) is 0 Å². The lowest BCUT2D eigenvalue weighted by Gasteiger charge is -2.13. The smallest absolute Gasteiger partial charge is 0.164 e. The first-order valence-electron chi connectivity index (χ1n) is 25.8. The number of hydrogen-bond donors (Lipinski definition) is 0. The minimum absolute atomic E-state index is 0.602. The molecule has 16 aromatic rings. The Labute approximate surface area is 436 Å². The van der Waals surface area contributed by atoms with E-state index in [4.69, 9.17) is 15.0 Å². The maximum atomic E-state index is 5.42. The summed E-state index contributed by atoms with van der Waals surface area (Å²) < 4.78 is 9.81. The fourth-order valence-electron chi connectivity index (χ4n) is 12.2. The summed E-state index contributed by atoms with van der Waals surface area (Å²) in [6, 6.07) is 93.3. The third kappa shape index (κ3) is 6.20. The van der Waals surface area contributed by atoms with E-state index in [1.807, 2.05) is 36.4 Å². The summed E-state index contributed by atoms with van der Waals surface area (Å²) in [5.74, 6) is 1.83. The zero-order chi connectivity index (χ0) is 49.8. The van der Waals surface area contributed by atoms with Crippen LogP contribution in [0.25, 0.3) is 144 Å². The molecule has 5 heterocycles. The quantitative estimate of drug-likeness (QED) is 0.160. The maximum absolute atomic E-state index is 5.42. The third-order valence-electron chi connectivity index (χ3n) is 15.4. The van der Waals surface area contributed by atoms with Crippen molar-refractivity contribution in [2.75, 3.05) is 0 Å². The van der Waals surface area contributed by atoms with Crippen molar-refractivity contribution in [2.24, 2.45) is 0 Å². The molecule has 0 saturated carbocycles. The van der Waals surface area contributed by atoms with E-state index in [9.17, 15) is 0 Å². The lowest BCUT2D eigenvalue weighted by atomic mass is 10.0. The van der Waals surface area contributed by atoms with Crippen LogP contribution < -0.4 is 0 Å². The van der Waals surface area contributed by atoms with E-state index >= 15 is 0 Å². The van der Waals surface area contributed by atoms with Crippen LogP contribution in [-0.4, -0.2) is 33.2 Å². The summed E-state index contributed by atoms with van der Waals surface area (Å²) >= 11 is 0. The Morgan fingerprint density at radius 3 is 1.22 bits per heavy atom. The zero-order valence-corrected chi connectivity index (χ0v) is 41.0. The van der Waals surface area contributed by atoms with E-state index in [1.54, 1.807) is 0 Å². The Morgan fingerprint density at radius 1 is 0.224 bits per heavy atom. The second-order valence-corrected chi connectivity index (χ2v) is 19.5. The van der Waals surface area contributed by atoms with Gasteiger partial charge in [0.1, 0.15) is 0 Å². The fraction of sp³-hybridized carbons (Fsp3) is 0. The van der Waals surface area contributed by atoms with Gasteiger partial charge in [-0.25, -0.2) is 15.0 Å². The molecule has 5 aromatic heterocycles. The maximum Gasteiger partial charge on any atom is 0.164 e. The normalized spacial score (nSPS) is 11.9. The van der Waals surface area contributed by atoms with E-state index in [1.165, 1.54) is 32.6 Å². The first kappa shape index (κ1) is 42.2. The van der Waals surface area contributed by atoms with Crippen molar-refractivity contribution in [3.63, 3.8) is 0 Å². The van der Waals surface area contributed by atoms with Crippen LogP contribution in [0.15, 0.2) is 261 Å². The highest BCUT2D eigenvalue weighted by Crippen LogP contribution is 2.48. The molecule has 0 amide bonds. The van der Waals surface area contributed by atoms with Gasteiger partial charge in [0.2, 0.25) is 0 Å². The van der Waals surface area contributed by atoms with Gasteiger partial charge < -0.3 is 18.3 Å². The average molecular weight is 970 g/mol. The van der Waals surface area contributed by atoms with Crippen molar-refractivity contribution in [1.29, 1.82) is 0 Å². The van der Waals surface area contributed by atoms with Crippen LogP contribution in [0, 0.1) is 0 Å². The van der Waals surface area contributed by atoms with Crippen molar-refractivity contribution in [2.45, 2.75) is 0 Å². The molecule has 0 bridgehead atoms. The largest absolute Gasteiger partial charge is 0.309 e. The van der Waals surface area contributed by atoms with Crippen LogP contribution in [0.4, 0.5) is 0 Å². The first-order chi connectivity index (χ1) is 37.7. The molecule has 0 N–H and O–H groups in total. The Morgan fingerprint density at radius 2 is 0.632 bits per heavy atom. The highest BCUT2D eigenvalue weighted by Gasteiger charge is 2.28. The number of aromatic nitrogens is 7. The first-order valence-corrected chi connectivity index (χ1v) is 25.8. The van der Waals surface area contributed by atoms with Crippen molar-refractivity contribution in [3.05, 3.63) is 261 Å². The molecule has 0 aliphatic rings. The van der Waals surface area contributed by atoms with Crippen molar-refractivity contribution >= 4 is 87.2 Å². The number of nitrogens with zero attached hydrogens (tertiary/aromatic N) is 7. The van der Waals surface area contributed by atoms with Crippen LogP contribution in [-0.2, 0) is 0 Å². The molecular weight excluding hydrogens is 927 g/mol. The predicted octanol–water partition coefficient (Wildman–Crippen LogP) is 17.3. The Hall–Kier alpha value is -10.4. The molecule has 0 radical (unpaired) electrons. The molecular formula is C69H43N7. The molecule has 0 fully saturated rings. The second kappa shape index (κ2) is 16.6. The van der Waals surface area contributed by atoms with Gasteiger partial charge in [-0.2, -0.15) is 0 Å². The Kier molecular flexibility index (Phi) is 9.20. The summed E-state index contributed by atoms with van der Waals surface area (Å²) in [6.45, 7) is 0. The topological polar surface area (TPSA) is 58.4 Å². The molecule has 76 heavy (non-hydrogen) atoms. The molecule has 7 nitrogen and oxygen atoms in total. The number of para-hydroxylation sites is 6. The summed E-state index contributed by atoms with van der Waals surface area (Å²) in [5, 5.41) is 9.33. The minimum Gasteiger partial charge on any atom is -0.309 e. The monoisotopic (exact) mass is 969 g/mol. The average Bonchev–Trinajstić information content (AvgIpc) is 4.28. The van der Waals surface area contributed by atoms with Gasteiger partial charge in [-0.15, -0.1) is 0 Å². The highest BCUT2D eigenvalue weighted by molar-refractivity contribution is 6.30.